The van der Waals surface area contributed by atoms with Gasteiger partial charge in [-0.1, -0.05) is 6.07 Å². The van der Waals surface area contributed by atoms with Gasteiger partial charge in [-0.15, -0.1) is 0 Å². The van der Waals surface area contributed by atoms with E-state index in [1.54, 1.807) is 6.20 Å². The van der Waals surface area contributed by atoms with E-state index in [0.717, 1.165) is 18.7 Å². The molecule has 0 aromatic carbocycles. The Morgan fingerprint density at radius 1 is 1.44 bits per heavy atom. The van der Waals surface area contributed by atoms with Crippen molar-refractivity contribution in [2.45, 2.75) is 32.9 Å². The third-order valence-corrected chi connectivity index (χ3v) is 3.13. The molecular weight excluding hydrogens is 224 g/mol. The van der Waals surface area contributed by atoms with Crippen LogP contribution in [0.25, 0.3) is 0 Å². The topological polar surface area (TPSA) is 42.7 Å². The summed E-state index contributed by atoms with van der Waals surface area (Å²) in [5.41, 5.74) is 3.55. The minimum absolute atomic E-state index is 0.278. The van der Waals surface area contributed by atoms with E-state index in [-0.39, 0.29) is 6.04 Å². The molecule has 2 heterocycles. The van der Waals surface area contributed by atoms with Gasteiger partial charge in [0.1, 0.15) is 0 Å². The smallest absolute Gasteiger partial charge is 0.0596 e. The Labute approximate surface area is 108 Å². The van der Waals surface area contributed by atoms with Crippen molar-refractivity contribution < 1.29 is 0 Å². The van der Waals surface area contributed by atoms with Crippen LogP contribution >= 0.6 is 0 Å². The Hall–Kier alpha value is -1.68. The van der Waals surface area contributed by atoms with Gasteiger partial charge in [0.2, 0.25) is 0 Å². The van der Waals surface area contributed by atoms with Crippen LogP contribution in [0.15, 0.2) is 30.6 Å². The SMILES string of the molecule is CCn1nc(C)cc1CC(NC)c1cccnc1. The summed E-state index contributed by atoms with van der Waals surface area (Å²) in [4.78, 5) is 4.18. The van der Waals surface area contributed by atoms with Gasteiger partial charge in [-0.2, -0.15) is 5.10 Å². The summed E-state index contributed by atoms with van der Waals surface area (Å²) in [7, 11) is 1.98. The Bertz CT molecular complexity index is 490. The van der Waals surface area contributed by atoms with Crippen LogP contribution in [-0.2, 0) is 13.0 Å². The molecule has 1 unspecified atom stereocenters. The molecule has 0 amide bonds. The van der Waals surface area contributed by atoms with E-state index in [0.29, 0.717) is 0 Å². The molecule has 0 aliphatic rings. The summed E-state index contributed by atoms with van der Waals surface area (Å²) in [6.07, 6.45) is 4.65. The Morgan fingerprint density at radius 3 is 2.89 bits per heavy atom. The number of nitrogens with zero attached hydrogens (tertiary/aromatic N) is 3. The maximum atomic E-state index is 4.48. The number of hydrogen-bond acceptors (Lipinski definition) is 3. The van der Waals surface area contributed by atoms with Crippen molar-refractivity contribution in [3.63, 3.8) is 0 Å². The molecule has 18 heavy (non-hydrogen) atoms. The lowest BCUT2D eigenvalue weighted by atomic mass is 10.0. The van der Waals surface area contributed by atoms with Crippen molar-refractivity contribution in [1.29, 1.82) is 0 Å². The van der Waals surface area contributed by atoms with Crippen molar-refractivity contribution in [1.82, 2.24) is 20.1 Å². The summed E-state index contributed by atoms with van der Waals surface area (Å²) in [6.45, 7) is 5.06. The molecule has 2 aromatic rings. The fourth-order valence-corrected chi connectivity index (χ4v) is 2.22. The molecule has 0 radical (unpaired) electrons. The van der Waals surface area contributed by atoms with E-state index in [9.17, 15) is 0 Å². The Kier molecular flexibility index (Phi) is 4.10. The van der Waals surface area contributed by atoms with Crippen molar-refractivity contribution in [2.75, 3.05) is 7.05 Å². The van der Waals surface area contributed by atoms with Crippen LogP contribution in [0.5, 0.6) is 0 Å². The fraction of sp³-hybridized carbons (Fsp3) is 0.429. The van der Waals surface area contributed by atoms with Gasteiger partial charge in [0.15, 0.2) is 0 Å². The van der Waals surface area contributed by atoms with Crippen molar-refractivity contribution >= 4 is 0 Å². The molecule has 1 atom stereocenters. The molecule has 0 fully saturated rings. The number of rotatable bonds is 5. The number of aryl methyl sites for hydroxylation is 2. The molecule has 0 aliphatic carbocycles. The minimum atomic E-state index is 0.278. The highest BCUT2D eigenvalue weighted by Gasteiger charge is 2.13. The van der Waals surface area contributed by atoms with E-state index < -0.39 is 0 Å². The molecule has 2 rings (SSSR count). The predicted octanol–water partition coefficient (Wildman–Crippen LogP) is 2.11. The van der Waals surface area contributed by atoms with Gasteiger partial charge >= 0.3 is 0 Å². The maximum absolute atomic E-state index is 4.48. The third-order valence-electron chi connectivity index (χ3n) is 3.13. The summed E-state index contributed by atoms with van der Waals surface area (Å²) in [5.74, 6) is 0. The molecule has 4 nitrogen and oxygen atoms in total. The molecule has 4 heteroatoms. The summed E-state index contributed by atoms with van der Waals surface area (Å²) >= 11 is 0. The quantitative estimate of drug-likeness (QED) is 0.876. The standard InChI is InChI=1S/C14H20N4/c1-4-18-13(8-11(2)17-18)9-14(15-3)12-6-5-7-16-10-12/h5-8,10,14-15H,4,9H2,1-3H3. The average Bonchev–Trinajstić information content (AvgIpc) is 2.77. The Balaban J connectivity index is 2.20. The van der Waals surface area contributed by atoms with Gasteiger partial charge in [0, 0.05) is 37.1 Å². The maximum Gasteiger partial charge on any atom is 0.0596 e. The summed E-state index contributed by atoms with van der Waals surface area (Å²) in [6, 6.07) is 6.51. The molecule has 0 aliphatic heterocycles. The van der Waals surface area contributed by atoms with Crippen LogP contribution in [0.4, 0.5) is 0 Å². The van der Waals surface area contributed by atoms with Crippen LogP contribution in [0, 0.1) is 6.92 Å². The number of pyridine rings is 1. The summed E-state index contributed by atoms with van der Waals surface area (Å²) in [5, 5.41) is 7.83. The van der Waals surface area contributed by atoms with Crippen LogP contribution in [0.3, 0.4) is 0 Å². The minimum Gasteiger partial charge on any atom is -0.313 e. The third kappa shape index (κ3) is 2.76. The first-order valence-electron chi connectivity index (χ1n) is 6.35. The van der Waals surface area contributed by atoms with Gasteiger partial charge in [-0.05, 0) is 38.6 Å². The molecule has 96 valence electrons. The van der Waals surface area contributed by atoms with Gasteiger partial charge in [-0.3, -0.25) is 9.67 Å². The average molecular weight is 244 g/mol. The zero-order chi connectivity index (χ0) is 13.0. The fourth-order valence-electron chi connectivity index (χ4n) is 2.22. The monoisotopic (exact) mass is 244 g/mol. The Morgan fingerprint density at radius 2 is 2.28 bits per heavy atom. The molecule has 0 spiro atoms. The first-order valence-corrected chi connectivity index (χ1v) is 6.35. The lowest BCUT2D eigenvalue weighted by Gasteiger charge is -2.16. The van der Waals surface area contributed by atoms with Crippen molar-refractivity contribution in [2.24, 2.45) is 0 Å². The van der Waals surface area contributed by atoms with Crippen LogP contribution in [-0.4, -0.2) is 21.8 Å². The first kappa shape index (κ1) is 12.8. The molecular formula is C14H20N4. The van der Waals surface area contributed by atoms with E-state index in [2.05, 4.69) is 39.1 Å². The van der Waals surface area contributed by atoms with E-state index in [4.69, 9.17) is 0 Å². The van der Waals surface area contributed by atoms with E-state index >= 15 is 0 Å². The van der Waals surface area contributed by atoms with Gasteiger partial charge in [-0.25, -0.2) is 0 Å². The lowest BCUT2D eigenvalue weighted by Crippen LogP contribution is -2.20. The zero-order valence-corrected chi connectivity index (χ0v) is 11.2. The normalized spacial score (nSPS) is 12.6. The second kappa shape index (κ2) is 5.78. The lowest BCUT2D eigenvalue weighted by molar-refractivity contribution is 0.540. The van der Waals surface area contributed by atoms with Crippen molar-refractivity contribution in [3.05, 3.63) is 47.5 Å². The van der Waals surface area contributed by atoms with Crippen LogP contribution < -0.4 is 5.32 Å². The first-order chi connectivity index (χ1) is 8.74. The number of aromatic nitrogens is 3. The molecule has 0 bridgehead atoms. The second-order valence-electron chi connectivity index (χ2n) is 4.42. The number of likely N-dealkylation sites (N-methyl/N-ethyl adjacent to an activating group) is 1. The largest absolute Gasteiger partial charge is 0.313 e. The van der Waals surface area contributed by atoms with Gasteiger partial charge in [0.05, 0.1) is 5.69 Å². The zero-order valence-electron chi connectivity index (χ0n) is 11.2. The molecule has 1 N–H and O–H groups in total. The number of hydrogen-bond donors (Lipinski definition) is 1. The van der Waals surface area contributed by atoms with Gasteiger partial charge in [0.25, 0.3) is 0 Å². The number of nitrogens with one attached hydrogen (secondary N) is 1. The molecule has 2 aromatic heterocycles. The van der Waals surface area contributed by atoms with Gasteiger partial charge < -0.3 is 5.32 Å². The van der Waals surface area contributed by atoms with E-state index in [1.807, 2.05) is 26.2 Å². The van der Waals surface area contributed by atoms with Crippen molar-refractivity contribution in [3.8, 4) is 0 Å². The molecule has 0 saturated carbocycles. The predicted molar refractivity (Wildman–Crippen MR) is 72.4 cm³/mol. The van der Waals surface area contributed by atoms with Crippen LogP contribution in [0.1, 0.15) is 29.9 Å². The highest BCUT2D eigenvalue weighted by atomic mass is 15.3. The summed E-state index contributed by atoms with van der Waals surface area (Å²) < 4.78 is 2.07. The van der Waals surface area contributed by atoms with E-state index in [1.165, 1.54) is 11.3 Å². The second-order valence-corrected chi connectivity index (χ2v) is 4.42. The molecule has 0 saturated heterocycles. The highest BCUT2D eigenvalue weighted by Crippen LogP contribution is 2.17. The highest BCUT2D eigenvalue weighted by molar-refractivity contribution is 5.18. The van der Waals surface area contributed by atoms with Crippen LogP contribution in [0.2, 0.25) is 0 Å².